The van der Waals surface area contributed by atoms with Crippen LogP contribution in [0.2, 0.25) is 0 Å². The molecule has 0 aliphatic rings. The van der Waals surface area contributed by atoms with Crippen LogP contribution in [0.4, 0.5) is 0 Å². The molecule has 2 aromatic rings. The van der Waals surface area contributed by atoms with Crippen molar-refractivity contribution in [3.8, 4) is 11.3 Å². The summed E-state index contributed by atoms with van der Waals surface area (Å²) in [5.74, 6) is 0. The molecule has 0 amide bonds. The highest BCUT2D eigenvalue weighted by Gasteiger charge is 2.00. The summed E-state index contributed by atoms with van der Waals surface area (Å²) in [5.41, 5.74) is 3.66. The third-order valence-corrected chi connectivity index (χ3v) is 2.13. The lowest BCUT2D eigenvalue weighted by Gasteiger charge is -2.02. The van der Waals surface area contributed by atoms with Gasteiger partial charge in [0, 0.05) is 7.05 Å². The highest BCUT2D eigenvalue weighted by molar-refractivity contribution is 5.59. The van der Waals surface area contributed by atoms with Gasteiger partial charge in [0.1, 0.15) is 0 Å². The van der Waals surface area contributed by atoms with Crippen molar-refractivity contribution in [2.75, 3.05) is 0 Å². The second kappa shape index (κ2) is 6.11. The van der Waals surface area contributed by atoms with Gasteiger partial charge in [-0.15, -0.1) is 0 Å². The van der Waals surface area contributed by atoms with Crippen molar-refractivity contribution in [2.24, 2.45) is 7.05 Å². The smallest absolute Gasteiger partial charge is 0.0948 e. The molecule has 0 aliphatic carbocycles. The largest absolute Gasteiger partial charge is 0.334 e. The quantitative estimate of drug-likeness (QED) is 0.708. The summed E-state index contributed by atoms with van der Waals surface area (Å²) in [6, 6.07) is 8.43. The van der Waals surface area contributed by atoms with E-state index in [1.165, 1.54) is 17.5 Å². The van der Waals surface area contributed by atoms with E-state index in [9.17, 15) is 0 Å². The first-order valence-corrected chi connectivity index (χ1v) is 5.72. The molecule has 16 heavy (non-hydrogen) atoms. The van der Waals surface area contributed by atoms with E-state index in [1.54, 1.807) is 0 Å². The van der Waals surface area contributed by atoms with Crippen molar-refractivity contribution < 1.29 is 0 Å². The molecule has 1 heterocycles. The standard InChI is InChI=1S/C11H12N2.C3H8/c1-9-4-3-5-10(6-9)11-7-12-8-13(11)2;1-3-2/h3-8H,1-2H3;3H2,1-2H3. The van der Waals surface area contributed by atoms with Crippen LogP contribution in [0.1, 0.15) is 25.8 Å². The van der Waals surface area contributed by atoms with Gasteiger partial charge in [0.25, 0.3) is 0 Å². The van der Waals surface area contributed by atoms with Gasteiger partial charge < -0.3 is 4.57 Å². The zero-order chi connectivity index (χ0) is 12.0. The molecule has 0 saturated carbocycles. The van der Waals surface area contributed by atoms with Crippen molar-refractivity contribution in [1.29, 1.82) is 0 Å². The molecule has 0 bridgehead atoms. The summed E-state index contributed by atoms with van der Waals surface area (Å²) in [7, 11) is 2.00. The van der Waals surface area contributed by atoms with E-state index in [4.69, 9.17) is 0 Å². The predicted molar refractivity (Wildman–Crippen MR) is 69.3 cm³/mol. The van der Waals surface area contributed by atoms with Gasteiger partial charge in [0.15, 0.2) is 0 Å². The Morgan fingerprint density at radius 1 is 1.25 bits per heavy atom. The fraction of sp³-hybridized carbons (Fsp3) is 0.357. The Kier molecular flexibility index (Phi) is 4.77. The molecule has 86 valence electrons. The minimum absolute atomic E-state index is 1.16. The maximum absolute atomic E-state index is 4.09. The number of rotatable bonds is 1. The van der Waals surface area contributed by atoms with Gasteiger partial charge in [-0.3, -0.25) is 0 Å². The molecule has 0 atom stereocenters. The van der Waals surface area contributed by atoms with Crippen LogP contribution in [0.15, 0.2) is 36.8 Å². The predicted octanol–water partition coefficient (Wildman–Crippen LogP) is 3.81. The molecule has 0 fully saturated rings. The highest BCUT2D eigenvalue weighted by Crippen LogP contribution is 2.18. The van der Waals surface area contributed by atoms with Gasteiger partial charge >= 0.3 is 0 Å². The Hall–Kier alpha value is -1.57. The van der Waals surface area contributed by atoms with Gasteiger partial charge in [-0.2, -0.15) is 0 Å². The van der Waals surface area contributed by atoms with Crippen LogP contribution < -0.4 is 0 Å². The van der Waals surface area contributed by atoms with Gasteiger partial charge in [-0.05, 0) is 18.6 Å². The lowest BCUT2D eigenvalue weighted by atomic mass is 10.1. The topological polar surface area (TPSA) is 17.8 Å². The summed E-state index contributed by atoms with van der Waals surface area (Å²) in [6.45, 7) is 6.35. The van der Waals surface area contributed by atoms with E-state index >= 15 is 0 Å². The molecule has 0 saturated heterocycles. The van der Waals surface area contributed by atoms with Crippen LogP contribution in [-0.4, -0.2) is 9.55 Å². The second-order valence-electron chi connectivity index (χ2n) is 3.97. The number of aryl methyl sites for hydroxylation is 2. The van der Waals surface area contributed by atoms with Crippen LogP contribution >= 0.6 is 0 Å². The number of nitrogens with zero attached hydrogens (tertiary/aromatic N) is 2. The van der Waals surface area contributed by atoms with Crippen LogP contribution in [-0.2, 0) is 7.05 Å². The molecule has 0 N–H and O–H groups in total. The van der Waals surface area contributed by atoms with E-state index in [2.05, 4.69) is 50.0 Å². The van der Waals surface area contributed by atoms with Gasteiger partial charge in [0.2, 0.25) is 0 Å². The molecule has 2 nitrogen and oxygen atoms in total. The molecule has 0 aliphatic heterocycles. The van der Waals surface area contributed by atoms with Crippen LogP contribution in [0.3, 0.4) is 0 Å². The molecule has 0 spiro atoms. The number of imidazole rings is 1. The summed E-state index contributed by atoms with van der Waals surface area (Å²) < 4.78 is 2.02. The van der Waals surface area contributed by atoms with Gasteiger partial charge in [-0.25, -0.2) is 4.98 Å². The van der Waals surface area contributed by atoms with Crippen molar-refractivity contribution >= 4 is 0 Å². The Bertz CT molecular complexity index is 430. The zero-order valence-electron chi connectivity index (χ0n) is 10.6. The average Bonchev–Trinajstić information content (AvgIpc) is 2.65. The number of benzene rings is 1. The summed E-state index contributed by atoms with van der Waals surface area (Å²) in [6.07, 6.45) is 4.95. The number of hydrogen-bond donors (Lipinski definition) is 0. The minimum atomic E-state index is 1.16. The van der Waals surface area contributed by atoms with Crippen LogP contribution in [0.5, 0.6) is 0 Å². The summed E-state index contributed by atoms with van der Waals surface area (Å²) >= 11 is 0. The van der Waals surface area contributed by atoms with E-state index < -0.39 is 0 Å². The van der Waals surface area contributed by atoms with Gasteiger partial charge in [-0.1, -0.05) is 44.0 Å². The van der Waals surface area contributed by atoms with E-state index in [-0.39, 0.29) is 0 Å². The highest BCUT2D eigenvalue weighted by atomic mass is 15.0. The molecule has 1 aromatic heterocycles. The van der Waals surface area contributed by atoms with Crippen molar-refractivity contribution in [1.82, 2.24) is 9.55 Å². The first-order valence-electron chi connectivity index (χ1n) is 5.72. The van der Waals surface area contributed by atoms with Crippen LogP contribution in [0, 0.1) is 6.92 Å². The Labute approximate surface area is 98.0 Å². The molecular weight excluding hydrogens is 196 g/mol. The second-order valence-corrected chi connectivity index (χ2v) is 3.97. The molecule has 2 rings (SSSR count). The first kappa shape index (κ1) is 12.5. The fourth-order valence-corrected chi connectivity index (χ4v) is 1.44. The molecular formula is C14H20N2. The lowest BCUT2D eigenvalue weighted by molar-refractivity contribution is 0.921. The lowest BCUT2D eigenvalue weighted by Crippen LogP contribution is -1.89. The molecule has 1 aromatic carbocycles. The number of aromatic nitrogens is 2. The van der Waals surface area contributed by atoms with E-state index in [0.717, 1.165) is 5.69 Å². The van der Waals surface area contributed by atoms with Crippen molar-refractivity contribution in [3.05, 3.63) is 42.4 Å². The third kappa shape index (κ3) is 3.23. The molecule has 2 heteroatoms. The van der Waals surface area contributed by atoms with E-state index in [1.807, 2.05) is 24.1 Å². The summed E-state index contributed by atoms with van der Waals surface area (Å²) in [4.78, 5) is 4.09. The maximum Gasteiger partial charge on any atom is 0.0948 e. The fourth-order valence-electron chi connectivity index (χ4n) is 1.44. The number of hydrogen-bond acceptors (Lipinski definition) is 1. The monoisotopic (exact) mass is 216 g/mol. The normalized spacial score (nSPS) is 9.50. The Morgan fingerprint density at radius 2 is 1.94 bits per heavy atom. The van der Waals surface area contributed by atoms with E-state index in [0.29, 0.717) is 0 Å². The average molecular weight is 216 g/mol. The summed E-state index contributed by atoms with van der Waals surface area (Å²) in [5, 5.41) is 0. The third-order valence-electron chi connectivity index (χ3n) is 2.13. The van der Waals surface area contributed by atoms with Crippen molar-refractivity contribution in [2.45, 2.75) is 27.2 Å². The van der Waals surface area contributed by atoms with Crippen molar-refractivity contribution in [3.63, 3.8) is 0 Å². The molecule has 0 radical (unpaired) electrons. The Morgan fingerprint density at radius 3 is 2.44 bits per heavy atom. The Balaban J connectivity index is 0.000000386. The SMILES string of the molecule is CCC.Cc1cccc(-c2cncn2C)c1. The zero-order valence-corrected chi connectivity index (χ0v) is 10.6. The van der Waals surface area contributed by atoms with Crippen LogP contribution in [0.25, 0.3) is 11.3 Å². The first-order chi connectivity index (χ1) is 7.69. The minimum Gasteiger partial charge on any atom is -0.334 e. The maximum atomic E-state index is 4.09. The molecule has 0 unspecified atom stereocenters. The van der Waals surface area contributed by atoms with Gasteiger partial charge in [0.05, 0.1) is 18.2 Å².